The fourth-order valence-corrected chi connectivity index (χ4v) is 0.775. The first kappa shape index (κ1) is 10.7. The molecule has 3 heteroatoms. The lowest BCUT2D eigenvalue weighted by Gasteiger charge is -2.06. The maximum absolute atomic E-state index is 10.6. The van der Waals surface area contributed by atoms with Gasteiger partial charge in [-0.3, -0.25) is 0 Å². The second kappa shape index (κ2) is 6.41. The van der Waals surface area contributed by atoms with Crippen molar-refractivity contribution in [3.63, 3.8) is 0 Å². The third kappa shape index (κ3) is 4.51. The van der Waals surface area contributed by atoms with Gasteiger partial charge in [-0.2, -0.15) is 5.26 Å². The van der Waals surface area contributed by atoms with Crippen LogP contribution in [0.2, 0.25) is 0 Å². The predicted molar refractivity (Wildman–Crippen MR) is 45.2 cm³/mol. The summed E-state index contributed by atoms with van der Waals surface area (Å²) in [4.78, 5) is 10.6. The topological polar surface area (TPSA) is 50.1 Å². The number of ether oxygens (including phenoxy) is 1. The van der Waals surface area contributed by atoms with Crippen LogP contribution in [-0.2, 0) is 9.53 Å². The highest BCUT2D eigenvalue weighted by Crippen LogP contribution is 2.05. The molecular weight excluding hydrogens is 154 g/mol. The van der Waals surface area contributed by atoms with Crippen LogP contribution in [0, 0.1) is 17.2 Å². The zero-order valence-electron chi connectivity index (χ0n) is 7.25. The summed E-state index contributed by atoms with van der Waals surface area (Å²) in [5.74, 6) is -0.648. The summed E-state index contributed by atoms with van der Waals surface area (Å²) in [7, 11) is 0. The molecule has 0 aliphatic carbocycles. The maximum atomic E-state index is 10.6. The van der Waals surface area contributed by atoms with Crippen molar-refractivity contribution >= 4 is 5.97 Å². The molecule has 0 radical (unpaired) electrons. The molecule has 0 bridgehead atoms. The van der Waals surface area contributed by atoms with Crippen molar-refractivity contribution in [3.05, 3.63) is 12.7 Å². The van der Waals surface area contributed by atoms with Crippen LogP contribution >= 0.6 is 0 Å². The predicted octanol–water partition coefficient (Wildman–Crippen LogP) is 1.66. The van der Waals surface area contributed by atoms with Gasteiger partial charge in [0.25, 0.3) is 0 Å². The van der Waals surface area contributed by atoms with Gasteiger partial charge in [-0.05, 0) is 6.42 Å². The Bertz CT molecular complexity index is 193. The number of esters is 1. The Hall–Kier alpha value is -1.30. The Morgan fingerprint density at radius 1 is 1.83 bits per heavy atom. The molecule has 0 amide bonds. The monoisotopic (exact) mass is 167 g/mol. The minimum atomic E-state index is -0.466. The minimum Gasteiger partial charge on any atom is -0.461 e. The highest BCUT2D eigenvalue weighted by Gasteiger charge is 2.07. The number of hydrogen-bond donors (Lipinski definition) is 0. The van der Waals surface area contributed by atoms with E-state index in [4.69, 9.17) is 10.00 Å². The van der Waals surface area contributed by atoms with Gasteiger partial charge < -0.3 is 4.74 Å². The highest BCUT2D eigenvalue weighted by molar-refractivity contribution is 5.81. The summed E-state index contributed by atoms with van der Waals surface area (Å²) < 4.78 is 4.72. The van der Waals surface area contributed by atoms with Crippen LogP contribution in [0.15, 0.2) is 12.7 Å². The molecule has 0 aromatic rings. The summed E-state index contributed by atoms with van der Waals surface area (Å²) >= 11 is 0. The Kier molecular flexibility index (Phi) is 5.72. The van der Waals surface area contributed by atoms with Gasteiger partial charge in [0, 0.05) is 6.08 Å². The molecule has 3 nitrogen and oxygen atoms in total. The highest BCUT2D eigenvalue weighted by atomic mass is 16.5. The molecule has 0 saturated carbocycles. The van der Waals surface area contributed by atoms with Gasteiger partial charge in [0.1, 0.15) is 6.61 Å². The van der Waals surface area contributed by atoms with E-state index in [-0.39, 0.29) is 12.5 Å². The molecule has 0 rings (SSSR count). The Morgan fingerprint density at radius 2 is 2.50 bits per heavy atom. The van der Waals surface area contributed by atoms with E-state index in [1.54, 1.807) is 0 Å². The molecule has 0 heterocycles. The maximum Gasteiger partial charge on any atom is 0.330 e. The van der Waals surface area contributed by atoms with Gasteiger partial charge in [-0.25, -0.2) is 4.79 Å². The SMILES string of the molecule is C=CC(=O)OCC(C#N)CCC. The number of nitriles is 1. The van der Waals surface area contributed by atoms with Crippen LogP contribution in [0.25, 0.3) is 0 Å². The molecule has 12 heavy (non-hydrogen) atoms. The van der Waals surface area contributed by atoms with Crippen molar-refractivity contribution in [2.24, 2.45) is 5.92 Å². The third-order valence-corrected chi connectivity index (χ3v) is 1.41. The lowest BCUT2D eigenvalue weighted by molar-refractivity contribution is -0.138. The standard InChI is InChI=1S/C9H13NO2/c1-3-5-8(6-10)7-12-9(11)4-2/h4,8H,2-3,5,7H2,1H3. The molecule has 1 unspecified atom stereocenters. The molecule has 0 N–H and O–H groups in total. The molecule has 0 aliphatic heterocycles. The zero-order valence-corrected chi connectivity index (χ0v) is 7.25. The first-order chi connectivity index (χ1) is 5.74. The molecule has 1 atom stereocenters. The number of carbonyl (C=O) groups is 1. The molecule has 0 aromatic carbocycles. The molecular formula is C9H13NO2. The first-order valence-electron chi connectivity index (χ1n) is 3.93. The quantitative estimate of drug-likeness (QED) is 0.462. The van der Waals surface area contributed by atoms with Gasteiger partial charge in [-0.1, -0.05) is 19.9 Å². The molecule has 0 aliphatic rings. The Morgan fingerprint density at radius 3 is 2.92 bits per heavy atom. The van der Waals surface area contributed by atoms with Crippen LogP contribution < -0.4 is 0 Å². The van der Waals surface area contributed by atoms with Crippen LogP contribution in [-0.4, -0.2) is 12.6 Å². The normalized spacial score (nSPS) is 11.3. The second-order valence-electron chi connectivity index (χ2n) is 2.45. The van der Waals surface area contributed by atoms with Crippen molar-refractivity contribution in [3.8, 4) is 6.07 Å². The largest absolute Gasteiger partial charge is 0.461 e. The number of hydrogen-bond acceptors (Lipinski definition) is 3. The van der Waals surface area contributed by atoms with E-state index in [1.165, 1.54) is 0 Å². The van der Waals surface area contributed by atoms with Gasteiger partial charge in [0.2, 0.25) is 0 Å². The van der Waals surface area contributed by atoms with E-state index in [1.807, 2.05) is 6.92 Å². The van der Waals surface area contributed by atoms with Gasteiger partial charge in [0.05, 0.1) is 12.0 Å². The van der Waals surface area contributed by atoms with Crippen LogP contribution in [0.4, 0.5) is 0 Å². The fourth-order valence-electron chi connectivity index (χ4n) is 0.775. The number of nitrogens with zero attached hydrogens (tertiary/aromatic N) is 1. The van der Waals surface area contributed by atoms with Crippen molar-refractivity contribution in [1.29, 1.82) is 5.26 Å². The van der Waals surface area contributed by atoms with E-state index in [0.717, 1.165) is 18.9 Å². The second-order valence-corrected chi connectivity index (χ2v) is 2.45. The van der Waals surface area contributed by atoms with Crippen LogP contribution in [0.1, 0.15) is 19.8 Å². The zero-order chi connectivity index (χ0) is 9.40. The molecule has 66 valence electrons. The van der Waals surface area contributed by atoms with Gasteiger partial charge >= 0.3 is 5.97 Å². The summed E-state index contributed by atoms with van der Waals surface area (Å²) in [5, 5.41) is 8.58. The lowest BCUT2D eigenvalue weighted by Crippen LogP contribution is -2.10. The minimum absolute atomic E-state index is 0.176. The summed E-state index contributed by atoms with van der Waals surface area (Å²) in [5.41, 5.74) is 0. The van der Waals surface area contributed by atoms with Gasteiger partial charge in [-0.15, -0.1) is 0 Å². The van der Waals surface area contributed by atoms with E-state index < -0.39 is 5.97 Å². The van der Waals surface area contributed by atoms with Crippen molar-refractivity contribution in [1.82, 2.24) is 0 Å². The summed E-state index contributed by atoms with van der Waals surface area (Å²) in [6.45, 7) is 5.41. The van der Waals surface area contributed by atoms with E-state index in [2.05, 4.69) is 12.6 Å². The van der Waals surface area contributed by atoms with Crippen LogP contribution in [0.3, 0.4) is 0 Å². The third-order valence-electron chi connectivity index (χ3n) is 1.41. The Balaban J connectivity index is 3.66. The van der Waals surface area contributed by atoms with E-state index in [0.29, 0.717) is 0 Å². The number of rotatable bonds is 5. The Labute approximate surface area is 72.6 Å². The van der Waals surface area contributed by atoms with E-state index >= 15 is 0 Å². The van der Waals surface area contributed by atoms with Crippen molar-refractivity contribution < 1.29 is 9.53 Å². The van der Waals surface area contributed by atoms with Crippen molar-refractivity contribution in [2.75, 3.05) is 6.61 Å². The summed E-state index contributed by atoms with van der Waals surface area (Å²) in [6, 6.07) is 2.07. The summed E-state index contributed by atoms with van der Waals surface area (Å²) in [6.07, 6.45) is 2.78. The fraction of sp³-hybridized carbons (Fsp3) is 0.556. The average molecular weight is 167 g/mol. The first-order valence-corrected chi connectivity index (χ1v) is 3.93. The smallest absolute Gasteiger partial charge is 0.330 e. The average Bonchev–Trinajstić information content (AvgIpc) is 2.11. The van der Waals surface area contributed by atoms with Crippen molar-refractivity contribution in [2.45, 2.75) is 19.8 Å². The lowest BCUT2D eigenvalue weighted by atomic mass is 10.1. The molecule has 0 spiro atoms. The van der Waals surface area contributed by atoms with E-state index in [9.17, 15) is 4.79 Å². The van der Waals surface area contributed by atoms with Crippen LogP contribution in [0.5, 0.6) is 0 Å². The van der Waals surface area contributed by atoms with Gasteiger partial charge in [0.15, 0.2) is 0 Å². The molecule has 0 fully saturated rings. The molecule has 0 saturated heterocycles. The number of carbonyl (C=O) groups excluding carboxylic acids is 1. The molecule has 0 aromatic heterocycles.